The Kier molecular flexibility index (Phi) is 3.48. The molecular formula is C18H16N2O2. The molecule has 0 bridgehead atoms. The standard InChI is InChI=1S/C18H16N2O2/c1-20-17-10-14(22-3)8-9-15(17)16(11-19)18(20)12-4-6-13(21-2)7-5-12/h4-10H,1-3H3. The third-order valence-electron chi connectivity index (χ3n) is 3.88. The highest BCUT2D eigenvalue weighted by Gasteiger charge is 2.17. The van der Waals surface area contributed by atoms with Crippen molar-refractivity contribution in [2.45, 2.75) is 0 Å². The van der Waals surface area contributed by atoms with Crippen LogP contribution < -0.4 is 9.47 Å². The molecule has 0 aliphatic rings. The summed E-state index contributed by atoms with van der Waals surface area (Å²) in [6, 6.07) is 15.8. The molecule has 0 amide bonds. The fourth-order valence-electron chi connectivity index (χ4n) is 2.74. The van der Waals surface area contributed by atoms with E-state index in [1.54, 1.807) is 14.2 Å². The highest BCUT2D eigenvalue weighted by Crippen LogP contribution is 2.34. The molecule has 0 unspecified atom stereocenters. The topological polar surface area (TPSA) is 47.2 Å². The first-order valence-electron chi connectivity index (χ1n) is 6.90. The molecule has 0 atom stereocenters. The summed E-state index contributed by atoms with van der Waals surface area (Å²) in [7, 11) is 5.24. The summed E-state index contributed by atoms with van der Waals surface area (Å²) in [5, 5.41) is 10.5. The first kappa shape index (κ1) is 14.0. The number of aryl methyl sites for hydroxylation is 1. The summed E-state index contributed by atoms with van der Waals surface area (Å²) in [4.78, 5) is 0. The van der Waals surface area contributed by atoms with Crippen LogP contribution >= 0.6 is 0 Å². The average Bonchev–Trinajstić information content (AvgIpc) is 2.86. The maximum atomic E-state index is 9.60. The van der Waals surface area contributed by atoms with E-state index in [-0.39, 0.29) is 0 Å². The van der Waals surface area contributed by atoms with Gasteiger partial charge in [-0.05, 0) is 42.0 Å². The lowest BCUT2D eigenvalue weighted by atomic mass is 10.1. The quantitative estimate of drug-likeness (QED) is 0.739. The van der Waals surface area contributed by atoms with E-state index in [2.05, 4.69) is 6.07 Å². The third-order valence-corrected chi connectivity index (χ3v) is 3.88. The van der Waals surface area contributed by atoms with Gasteiger partial charge in [0.25, 0.3) is 0 Å². The van der Waals surface area contributed by atoms with Crippen LogP contribution in [0.1, 0.15) is 5.56 Å². The van der Waals surface area contributed by atoms with Gasteiger partial charge in [0, 0.05) is 18.5 Å². The lowest BCUT2D eigenvalue weighted by molar-refractivity contribution is 0.415. The lowest BCUT2D eigenvalue weighted by Gasteiger charge is -2.07. The Bertz CT molecular complexity index is 871. The molecule has 0 saturated heterocycles. The van der Waals surface area contributed by atoms with Crippen LogP contribution in [0.25, 0.3) is 22.2 Å². The van der Waals surface area contributed by atoms with E-state index in [0.29, 0.717) is 5.56 Å². The zero-order valence-corrected chi connectivity index (χ0v) is 12.8. The Morgan fingerprint density at radius 1 is 0.955 bits per heavy atom. The molecule has 2 aromatic carbocycles. The first-order chi connectivity index (χ1) is 10.7. The van der Waals surface area contributed by atoms with Crippen LogP contribution in [-0.2, 0) is 7.05 Å². The second kappa shape index (κ2) is 5.45. The van der Waals surface area contributed by atoms with E-state index < -0.39 is 0 Å². The molecule has 3 aromatic rings. The molecule has 1 heterocycles. The molecule has 0 radical (unpaired) electrons. The molecule has 4 nitrogen and oxygen atoms in total. The normalized spacial score (nSPS) is 10.5. The van der Waals surface area contributed by atoms with Crippen molar-refractivity contribution in [3.63, 3.8) is 0 Å². The lowest BCUT2D eigenvalue weighted by Crippen LogP contribution is -1.93. The first-order valence-corrected chi connectivity index (χ1v) is 6.90. The Balaban J connectivity index is 2.28. The van der Waals surface area contributed by atoms with Crippen molar-refractivity contribution in [3.8, 4) is 28.8 Å². The zero-order chi connectivity index (χ0) is 15.7. The largest absolute Gasteiger partial charge is 0.497 e. The van der Waals surface area contributed by atoms with Gasteiger partial charge >= 0.3 is 0 Å². The number of nitrogens with zero attached hydrogens (tertiary/aromatic N) is 2. The number of benzene rings is 2. The molecule has 0 spiro atoms. The van der Waals surface area contributed by atoms with Crippen molar-refractivity contribution < 1.29 is 9.47 Å². The third kappa shape index (κ3) is 2.08. The summed E-state index contributed by atoms with van der Waals surface area (Å²) in [5.41, 5.74) is 3.52. The maximum absolute atomic E-state index is 9.60. The minimum absolute atomic E-state index is 0.672. The molecule has 0 aliphatic carbocycles. The smallest absolute Gasteiger partial charge is 0.120 e. The number of rotatable bonds is 3. The second-order valence-corrected chi connectivity index (χ2v) is 5.01. The molecule has 110 valence electrons. The number of nitriles is 1. The maximum Gasteiger partial charge on any atom is 0.120 e. The van der Waals surface area contributed by atoms with Gasteiger partial charge in [0.05, 0.1) is 31.0 Å². The van der Waals surface area contributed by atoms with Crippen LogP contribution in [0, 0.1) is 11.3 Å². The van der Waals surface area contributed by atoms with Gasteiger partial charge < -0.3 is 14.0 Å². The number of hydrogen-bond donors (Lipinski definition) is 0. The summed E-state index contributed by atoms with van der Waals surface area (Å²) in [6.07, 6.45) is 0. The SMILES string of the molecule is COc1ccc(-c2c(C#N)c3ccc(OC)cc3n2C)cc1. The van der Waals surface area contributed by atoms with Gasteiger partial charge in [-0.25, -0.2) is 0 Å². The monoisotopic (exact) mass is 292 g/mol. The fourth-order valence-corrected chi connectivity index (χ4v) is 2.74. The number of hydrogen-bond acceptors (Lipinski definition) is 3. The van der Waals surface area contributed by atoms with Gasteiger partial charge in [0.1, 0.15) is 17.6 Å². The molecule has 3 rings (SSSR count). The van der Waals surface area contributed by atoms with Gasteiger partial charge in [-0.1, -0.05) is 0 Å². The summed E-state index contributed by atoms with van der Waals surface area (Å²) in [6.45, 7) is 0. The van der Waals surface area contributed by atoms with Crippen LogP contribution in [0.4, 0.5) is 0 Å². The van der Waals surface area contributed by atoms with E-state index in [9.17, 15) is 5.26 Å². The second-order valence-electron chi connectivity index (χ2n) is 5.01. The molecule has 22 heavy (non-hydrogen) atoms. The van der Waals surface area contributed by atoms with Crippen LogP contribution in [0.2, 0.25) is 0 Å². The molecule has 0 fully saturated rings. The fraction of sp³-hybridized carbons (Fsp3) is 0.167. The van der Waals surface area contributed by atoms with E-state index in [0.717, 1.165) is 33.7 Å². The highest BCUT2D eigenvalue weighted by atomic mass is 16.5. The van der Waals surface area contributed by atoms with Gasteiger partial charge in [0.15, 0.2) is 0 Å². The predicted molar refractivity (Wildman–Crippen MR) is 86.2 cm³/mol. The van der Waals surface area contributed by atoms with Crippen LogP contribution in [0.5, 0.6) is 11.5 Å². The minimum Gasteiger partial charge on any atom is -0.497 e. The van der Waals surface area contributed by atoms with Crippen molar-refractivity contribution in [1.82, 2.24) is 4.57 Å². The molecular weight excluding hydrogens is 276 g/mol. The Morgan fingerprint density at radius 2 is 1.59 bits per heavy atom. The summed E-state index contributed by atoms with van der Waals surface area (Å²) < 4.78 is 12.5. The Labute approximate surface area is 129 Å². The van der Waals surface area contributed by atoms with Crippen molar-refractivity contribution in [2.75, 3.05) is 14.2 Å². The molecule has 1 aromatic heterocycles. The Hall–Kier alpha value is -2.93. The van der Waals surface area contributed by atoms with Crippen LogP contribution in [0.15, 0.2) is 42.5 Å². The van der Waals surface area contributed by atoms with Gasteiger partial charge in [-0.2, -0.15) is 5.26 Å². The molecule has 4 heteroatoms. The van der Waals surface area contributed by atoms with Gasteiger partial charge in [0.2, 0.25) is 0 Å². The number of fused-ring (bicyclic) bond motifs is 1. The Morgan fingerprint density at radius 3 is 2.18 bits per heavy atom. The predicted octanol–water partition coefficient (Wildman–Crippen LogP) is 3.73. The molecule has 0 N–H and O–H groups in total. The van der Waals surface area contributed by atoms with Crippen LogP contribution in [-0.4, -0.2) is 18.8 Å². The minimum atomic E-state index is 0.672. The average molecular weight is 292 g/mol. The highest BCUT2D eigenvalue weighted by molar-refractivity contribution is 5.95. The number of ether oxygens (including phenoxy) is 2. The van der Waals surface area contributed by atoms with Crippen molar-refractivity contribution >= 4 is 10.9 Å². The van der Waals surface area contributed by atoms with Gasteiger partial charge in [-0.3, -0.25) is 0 Å². The van der Waals surface area contributed by atoms with E-state index >= 15 is 0 Å². The van der Waals surface area contributed by atoms with Crippen molar-refractivity contribution in [2.24, 2.45) is 7.05 Å². The number of methoxy groups -OCH3 is 2. The van der Waals surface area contributed by atoms with E-state index in [1.807, 2.05) is 54.1 Å². The summed E-state index contributed by atoms with van der Waals surface area (Å²) in [5.74, 6) is 1.57. The van der Waals surface area contributed by atoms with E-state index in [1.165, 1.54) is 0 Å². The van der Waals surface area contributed by atoms with Gasteiger partial charge in [-0.15, -0.1) is 0 Å². The summed E-state index contributed by atoms with van der Waals surface area (Å²) >= 11 is 0. The number of aromatic nitrogens is 1. The molecule has 0 aliphatic heterocycles. The molecule has 0 saturated carbocycles. The van der Waals surface area contributed by atoms with Crippen molar-refractivity contribution in [1.29, 1.82) is 5.26 Å². The zero-order valence-electron chi connectivity index (χ0n) is 12.8. The van der Waals surface area contributed by atoms with Crippen LogP contribution in [0.3, 0.4) is 0 Å². The van der Waals surface area contributed by atoms with Crippen molar-refractivity contribution in [3.05, 3.63) is 48.0 Å². The van der Waals surface area contributed by atoms with E-state index in [4.69, 9.17) is 9.47 Å².